The summed E-state index contributed by atoms with van der Waals surface area (Å²) in [5.74, 6) is 0.260. The Morgan fingerprint density at radius 3 is 2.66 bits per heavy atom. The van der Waals surface area contributed by atoms with Crippen LogP contribution in [0.5, 0.6) is 0 Å². The Morgan fingerprint density at radius 1 is 1.11 bits per heavy atom. The van der Waals surface area contributed by atoms with Gasteiger partial charge in [-0.25, -0.2) is 9.18 Å². The van der Waals surface area contributed by atoms with Crippen LogP contribution in [-0.2, 0) is 9.53 Å². The van der Waals surface area contributed by atoms with Crippen LogP contribution in [0, 0.1) is 23.7 Å². The molecule has 9 nitrogen and oxygen atoms in total. The number of carbonyl (C=O) groups excluding carboxylic acids is 2. The van der Waals surface area contributed by atoms with Gasteiger partial charge in [0.15, 0.2) is 0 Å². The molecule has 5 aliphatic heterocycles. The van der Waals surface area contributed by atoms with Crippen LogP contribution in [-0.4, -0.2) is 113 Å². The number of piperazine rings is 1. The average molecular weight is 637 g/mol. The molecule has 6 rings (SSSR count). The van der Waals surface area contributed by atoms with Gasteiger partial charge in [0.05, 0.1) is 24.5 Å². The number of hydrogen-bond acceptors (Lipinski definition) is 6. The molecule has 1 aliphatic carbocycles. The number of piperidine rings is 2. The zero-order valence-electron chi connectivity index (χ0n) is 27.0. The molecule has 248 valence electrons. The van der Waals surface area contributed by atoms with Crippen molar-refractivity contribution in [3.05, 3.63) is 12.7 Å². The SMILES string of the molecule is C=CC(=O)N1C[C@H](C)N(C2NC(=O)N3C4NC(C(Cl)CC42)C2C(F)CCCC2OCCCC2CCNC(C(C)C)C23)C[C@H]1C. The molecule has 0 aromatic rings. The first kappa shape index (κ1) is 32.5. The van der Waals surface area contributed by atoms with Crippen LogP contribution >= 0.6 is 11.6 Å². The summed E-state index contributed by atoms with van der Waals surface area (Å²) >= 11 is 7.30. The van der Waals surface area contributed by atoms with Crippen molar-refractivity contribution in [1.29, 1.82) is 0 Å². The largest absolute Gasteiger partial charge is 0.378 e. The van der Waals surface area contributed by atoms with Gasteiger partial charge in [0, 0.05) is 61.1 Å². The molecular weight excluding hydrogens is 583 g/mol. The van der Waals surface area contributed by atoms with Crippen molar-refractivity contribution in [3.63, 3.8) is 0 Å². The highest BCUT2D eigenvalue weighted by atomic mass is 35.5. The number of rotatable bonds is 3. The molecule has 44 heavy (non-hydrogen) atoms. The first-order valence-electron chi connectivity index (χ1n) is 17.3. The van der Waals surface area contributed by atoms with Crippen molar-refractivity contribution in [2.24, 2.45) is 23.7 Å². The molecule has 5 saturated heterocycles. The van der Waals surface area contributed by atoms with E-state index in [0.29, 0.717) is 44.4 Å². The van der Waals surface area contributed by atoms with Gasteiger partial charge in [-0.15, -0.1) is 11.6 Å². The lowest BCUT2D eigenvalue weighted by Gasteiger charge is -2.61. The quantitative estimate of drug-likeness (QED) is 0.324. The number of ether oxygens (including phenoxy) is 1. The number of amides is 3. The average Bonchev–Trinajstić information content (AvgIpc) is 2.99. The molecule has 2 bridgehead atoms. The maximum atomic E-state index is 15.9. The summed E-state index contributed by atoms with van der Waals surface area (Å²) < 4.78 is 22.4. The topological polar surface area (TPSA) is 89.2 Å². The highest BCUT2D eigenvalue weighted by molar-refractivity contribution is 6.21. The fourth-order valence-electron chi connectivity index (χ4n) is 9.68. The van der Waals surface area contributed by atoms with E-state index in [1.807, 2.05) is 4.90 Å². The first-order chi connectivity index (χ1) is 21.1. The molecule has 5 heterocycles. The fraction of sp³-hybridized carbons (Fsp3) is 0.879. The van der Waals surface area contributed by atoms with Crippen LogP contribution < -0.4 is 16.0 Å². The number of hydrogen-bond donors (Lipinski definition) is 3. The Kier molecular flexibility index (Phi) is 9.85. The lowest BCUT2D eigenvalue weighted by atomic mass is 9.72. The minimum Gasteiger partial charge on any atom is -0.378 e. The van der Waals surface area contributed by atoms with E-state index in [1.165, 1.54) is 6.08 Å². The Labute approximate surface area is 268 Å². The van der Waals surface area contributed by atoms with Gasteiger partial charge in [-0.1, -0.05) is 20.4 Å². The molecule has 3 N–H and O–H groups in total. The van der Waals surface area contributed by atoms with Crippen LogP contribution in [0.4, 0.5) is 9.18 Å². The van der Waals surface area contributed by atoms with E-state index in [0.717, 1.165) is 38.6 Å². The van der Waals surface area contributed by atoms with Crippen LogP contribution in [0.3, 0.4) is 0 Å². The van der Waals surface area contributed by atoms with Crippen LogP contribution in [0.25, 0.3) is 0 Å². The van der Waals surface area contributed by atoms with Gasteiger partial charge < -0.3 is 25.2 Å². The summed E-state index contributed by atoms with van der Waals surface area (Å²) in [7, 11) is 0. The van der Waals surface area contributed by atoms with Gasteiger partial charge >= 0.3 is 6.03 Å². The number of alkyl halides is 2. The Bertz CT molecular complexity index is 1070. The number of halogens is 2. The summed E-state index contributed by atoms with van der Waals surface area (Å²) in [6.07, 6.45) is 5.44. The Morgan fingerprint density at radius 2 is 1.91 bits per heavy atom. The van der Waals surface area contributed by atoms with E-state index in [2.05, 4.69) is 60.0 Å². The van der Waals surface area contributed by atoms with Crippen molar-refractivity contribution in [2.45, 2.75) is 133 Å². The third kappa shape index (κ3) is 5.91. The number of urea groups is 1. The van der Waals surface area contributed by atoms with E-state index >= 15 is 4.39 Å². The standard InChI is InChI=1S/C33H54ClFN6O3/c1-6-26(42)39-16-20(5)40(17-19(39)4)31-22-15-23(34)29-27-24(35)10-7-11-25(27)44-14-8-9-21-12-13-36-28(18(2)3)30(21)41(32(22)37-29)33(43)38-31/h6,18-25,27-32,36-37H,1,7-17H2,2-5H3,(H,38,43)/t19-,20+,21?,22?,23?,24?,25?,27?,28?,29?,30?,31?,32?/m1/s1. The molecule has 13 atom stereocenters. The Hall–Kier alpha value is -1.46. The molecule has 0 radical (unpaired) electrons. The van der Waals surface area contributed by atoms with Crippen LogP contribution in [0.1, 0.15) is 72.6 Å². The smallest absolute Gasteiger partial charge is 0.320 e. The molecule has 6 fully saturated rings. The van der Waals surface area contributed by atoms with Crippen molar-refractivity contribution in [2.75, 3.05) is 26.2 Å². The maximum absolute atomic E-state index is 15.9. The van der Waals surface area contributed by atoms with Gasteiger partial charge in [0.2, 0.25) is 5.91 Å². The van der Waals surface area contributed by atoms with Gasteiger partial charge in [0.25, 0.3) is 0 Å². The van der Waals surface area contributed by atoms with Gasteiger partial charge in [-0.3, -0.25) is 15.0 Å². The van der Waals surface area contributed by atoms with Gasteiger partial charge in [-0.2, -0.15) is 0 Å². The predicted molar refractivity (Wildman–Crippen MR) is 170 cm³/mol. The Balaban J connectivity index is 1.38. The monoisotopic (exact) mass is 636 g/mol. The molecule has 0 aromatic heterocycles. The van der Waals surface area contributed by atoms with Crippen molar-refractivity contribution < 1.29 is 18.7 Å². The highest BCUT2D eigenvalue weighted by Gasteiger charge is 2.57. The van der Waals surface area contributed by atoms with Crippen molar-refractivity contribution >= 4 is 23.5 Å². The number of nitrogens with one attached hydrogen (secondary N) is 3. The van der Waals surface area contributed by atoms with Gasteiger partial charge in [0.1, 0.15) is 6.17 Å². The van der Waals surface area contributed by atoms with Crippen LogP contribution in [0.15, 0.2) is 12.7 Å². The predicted octanol–water partition coefficient (Wildman–Crippen LogP) is 3.68. The summed E-state index contributed by atoms with van der Waals surface area (Å²) in [4.78, 5) is 33.5. The second kappa shape index (κ2) is 13.3. The second-order valence-corrected chi connectivity index (χ2v) is 15.3. The second-order valence-electron chi connectivity index (χ2n) is 14.8. The minimum absolute atomic E-state index is 0.00149. The van der Waals surface area contributed by atoms with Gasteiger partial charge in [-0.05, 0) is 83.2 Å². The third-order valence-corrected chi connectivity index (χ3v) is 12.2. The van der Waals surface area contributed by atoms with E-state index in [-0.39, 0.29) is 77.8 Å². The van der Waals surface area contributed by atoms with E-state index in [4.69, 9.17) is 16.3 Å². The number of carbonyl (C=O) groups is 2. The van der Waals surface area contributed by atoms with E-state index in [9.17, 15) is 9.59 Å². The molecule has 11 unspecified atom stereocenters. The summed E-state index contributed by atoms with van der Waals surface area (Å²) in [6.45, 7) is 15.1. The lowest BCUT2D eigenvalue weighted by molar-refractivity contribution is -0.136. The molecule has 1 saturated carbocycles. The first-order valence-corrected chi connectivity index (χ1v) is 17.7. The maximum Gasteiger partial charge on any atom is 0.320 e. The van der Waals surface area contributed by atoms with E-state index in [1.54, 1.807) is 0 Å². The fourth-order valence-corrected chi connectivity index (χ4v) is 10.1. The zero-order valence-corrected chi connectivity index (χ0v) is 27.7. The molecule has 6 aliphatic rings. The summed E-state index contributed by atoms with van der Waals surface area (Å²) in [5.41, 5.74) is 0. The zero-order chi connectivity index (χ0) is 31.3. The molecule has 0 aromatic carbocycles. The normalized spacial score (nSPS) is 45.3. The summed E-state index contributed by atoms with van der Waals surface area (Å²) in [6, 6.07) is -0.198. The molecule has 3 amide bonds. The number of nitrogens with zero attached hydrogens (tertiary/aromatic N) is 3. The molecule has 0 spiro atoms. The summed E-state index contributed by atoms with van der Waals surface area (Å²) in [5, 5.41) is 10.8. The lowest BCUT2D eigenvalue weighted by Crippen LogP contribution is -2.80. The van der Waals surface area contributed by atoms with Crippen molar-refractivity contribution in [1.82, 2.24) is 30.7 Å². The third-order valence-electron chi connectivity index (χ3n) is 11.8. The molecule has 11 heteroatoms. The highest BCUT2D eigenvalue weighted by Crippen LogP contribution is 2.44. The van der Waals surface area contributed by atoms with Crippen LogP contribution in [0.2, 0.25) is 0 Å². The van der Waals surface area contributed by atoms with Crippen molar-refractivity contribution in [3.8, 4) is 0 Å². The minimum atomic E-state index is -0.988. The molecular formula is C33H54ClFN6O3. The number of fused-ring (bicyclic) bond motifs is 5. The van der Waals surface area contributed by atoms with E-state index < -0.39 is 6.17 Å².